The summed E-state index contributed by atoms with van der Waals surface area (Å²) >= 11 is 1.43. The summed E-state index contributed by atoms with van der Waals surface area (Å²) < 4.78 is 32.7. The second kappa shape index (κ2) is 5.98. The molecule has 2 heterocycles. The summed E-state index contributed by atoms with van der Waals surface area (Å²) in [5.41, 5.74) is 1.99. The van der Waals surface area contributed by atoms with E-state index < -0.39 is 12.5 Å². The van der Waals surface area contributed by atoms with Crippen LogP contribution in [0.2, 0.25) is 0 Å². The van der Waals surface area contributed by atoms with Gasteiger partial charge in [0.25, 0.3) is 0 Å². The number of esters is 1. The lowest BCUT2D eigenvalue weighted by molar-refractivity contribution is 0.0392. The van der Waals surface area contributed by atoms with Gasteiger partial charge in [0.05, 0.1) is 11.0 Å². The molecule has 24 heavy (non-hydrogen) atoms. The summed E-state index contributed by atoms with van der Waals surface area (Å²) in [6.45, 7) is -3.02. The van der Waals surface area contributed by atoms with Crippen LogP contribution in [0, 0.1) is 0 Å². The van der Waals surface area contributed by atoms with E-state index in [4.69, 9.17) is 4.74 Å². The highest BCUT2D eigenvalue weighted by Gasteiger charge is 2.22. The zero-order valence-corrected chi connectivity index (χ0v) is 13.5. The molecule has 0 amide bonds. The highest BCUT2D eigenvalue weighted by molar-refractivity contribution is 7.14. The van der Waals surface area contributed by atoms with Gasteiger partial charge in [0.15, 0.2) is 5.82 Å². The average molecular weight is 348 g/mol. The molecule has 1 aliphatic rings. The molecule has 0 fully saturated rings. The van der Waals surface area contributed by atoms with E-state index in [1.54, 1.807) is 24.3 Å². The number of carbonyl (C=O) groups is 1. The Morgan fingerprint density at radius 2 is 2.17 bits per heavy atom. The smallest absolute Gasteiger partial charge is 0.348 e. The number of benzene rings is 1. The van der Waals surface area contributed by atoms with Gasteiger partial charge in [0, 0.05) is 4.88 Å². The Kier molecular flexibility index (Phi) is 3.80. The van der Waals surface area contributed by atoms with Crippen LogP contribution in [0.15, 0.2) is 30.3 Å². The fourth-order valence-electron chi connectivity index (χ4n) is 3.04. The first-order valence-electron chi connectivity index (χ1n) is 7.66. The van der Waals surface area contributed by atoms with Gasteiger partial charge < -0.3 is 4.74 Å². The van der Waals surface area contributed by atoms with Gasteiger partial charge in [-0.15, -0.1) is 11.3 Å². The summed E-state index contributed by atoms with van der Waals surface area (Å²) in [7, 11) is 0. The van der Waals surface area contributed by atoms with Crippen molar-refractivity contribution in [2.24, 2.45) is 0 Å². The van der Waals surface area contributed by atoms with Crippen molar-refractivity contribution < 1.29 is 18.3 Å². The van der Waals surface area contributed by atoms with Gasteiger partial charge in [0.1, 0.15) is 11.5 Å². The molecule has 0 unspecified atom stereocenters. The maximum Gasteiger partial charge on any atom is 0.348 e. The third kappa shape index (κ3) is 2.58. The van der Waals surface area contributed by atoms with E-state index in [1.165, 1.54) is 21.8 Å². The van der Waals surface area contributed by atoms with E-state index >= 15 is 0 Å². The molecule has 7 heteroatoms. The number of ether oxygens (including phenoxy) is 1. The van der Waals surface area contributed by atoms with Gasteiger partial charge in [-0.05, 0) is 43.0 Å². The average Bonchev–Trinajstić information content (AvgIpc) is 3.23. The van der Waals surface area contributed by atoms with Gasteiger partial charge in [-0.1, -0.05) is 12.1 Å². The van der Waals surface area contributed by atoms with Gasteiger partial charge in [-0.2, -0.15) is 8.78 Å². The van der Waals surface area contributed by atoms with Crippen LogP contribution < -0.4 is 0 Å². The molecule has 0 aliphatic heterocycles. The molecule has 0 radical (unpaired) electrons. The summed E-state index contributed by atoms with van der Waals surface area (Å²) in [4.78, 5) is 18.1. The second-order valence-electron chi connectivity index (χ2n) is 5.65. The highest BCUT2D eigenvalue weighted by atomic mass is 32.1. The number of para-hydroxylation sites is 2. The zero-order chi connectivity index (χ0) is 16.7. The Morgan fingerprint density at radius 1 is 1.33 bits per heavy atom. The van der Waals surface area contributed by atoms with E-state index in [2.05, 4.69) is 4.98 Å². The Labute approximate surface area is 140 Å². The number of hydrogen-bond acceptors (Lipinski definition) is 4. The molecule has 0 saturated heterocycles. The first kappa shape index (κ1) is 15.3. The molecule has 0 N–H and O–H groups in total. The van der Waals surface area contributed by atoms with Crippen molar-refractivity contribution in [3.05, 3.63) is 51.5 Å². The Balaban J connectivity index is 1.55. The lowest BCUT2D eigenvalue weighted by Crippen LogP contribution is -2.10. The third-order valence-corrected chi connectivity index (χ3v) is 5.36. The first-order chi connectivity index (χ1) is 11.6. The van der Waals surface area contributed by atoms with Crippen LogP contribution >= 0.6 is 11.3 Å². The molecule has 2 aromatic heterocycles. The van der Waals surface area contributed by atoms with Crippen molar-refractivity contribution >= 4 is 28.3 Å². The number of carbonyl (C=O) groups excluding carboxylic acids is 1. The molecule has 0 atom stereocenters. The van der Waals surface area contributed by atoms with Crippen LogP contribution in [-0.4, -0.2) is 15.5 Å². The third-order valence-electron chi connectivity index (χ3n) is 4.14. The maximum absolute atomic E-state index is 13.3. The number of hydrogen-bond donors (Lipinski definition) is 0. The van der Waals surface area contributed by atoms with Crippen LogP contribution in [0.5, 0.6) is 0 Å². The highest BCUT2D eigenvalue weighted by Crippen LogP contribution is 2.31. The molecule has 4 rings (SSSR count). The minimum Gasteiger partial charge on any atom is -0.453 e. The summed E-state index contributed by atoms with van der Waals surface area (Å²) in [6, 6.07) is 8.48. The van der Waals surface area contributed by atoms with Crippen LogP contribution in [-0.2, 0) is 24.2 Å². The van der Waals surface area contributed by atoms with Crippen LogP contribution in [0.3, 0.4) is 0 Å². The molecule has 1 aliphatic carbocycles. The zero-order valence-electron chi connectivity index (χ0n) is 12.7. The SMILES string of the molecule is O=C(OCc1nc2ccccc2n1C(F)F)c1cc2c(s1)CCC2. The standard InChI is InChI=1S/C17H14F2N2O2S/c18-17(19)21-12-6-2-1-5-11(12)20-15(21)9-23-16(22)14-8-10-4-3-7-13(10)24-14/h1-2,5-6,8,17H,3-4,7,9H2. The minimum atomic E-state index is -2.74. The number of imidazole rings is 1. The lowest BCUT2D eigenvalue weighted by atomic mass is 10.2. The van der Waals surface area contributed by atoms with Gasteiger partial charge in [-0.3, -0.25) is 4.57 Å². The number of halogens is 2. The number of nitrogens with zero attached hydrogens (tertiary/aromatic N) is 2. The number of aryl methyl sites for hydroxylation is 2. The quantitative estimate of drug-likeness (QED) is 0.659. The fraction of sp³-hybridized carbons (Fsp3) is 0.294. The fourth-order valence-corrected chi connectivity index (χ4v) is 4.19. The molecular formula is C17H14F2N2O2S. The normalized spacial score (nSPS) is 13.6. The summed E-state index contributed by atoms with van der Waals surface area (Å²) in [5.74, 6) is -0.439. The van der Waals surface area contributed by atoms with E-state index in [0.717, 1.165) is 23.8 Å². The first-order valence-corrected chi connectivity index (χ1v) is 8.48. The van der Waals surface area contributed by atoms with Crippen molar-refractivity contribution in [1.82, 2.24) is 9.55 Å². The van der Waals surface area contributed by atoms with Crippen LogP contribution in [0.25, 0.3) is 11.0 Å². The number of aromatic nitrogens is 2. The Bertz CT molecular complexity index is 895. The number of thiophene rings is 1. The van der Waals surface area contributed by atoms with E-state index in [-0.39, 0.29) is 12.4 Å². The number of rotatable bonds is 4. The van der Waals surface area contributed by atoms with Gasteiger partial charge in [-0.25, -0.2) is 9.78 Å². The Hall–Kier alpha value is -2.28. The summed E-state index contributed by atoms with van der Waals surface area (Å²) in [5, 5.41) is 0. The van der Waals surface area contributed by atoms with Gasteiger partial charge >= 0.3 is 12.5 Å². The minimum absolute atomic E-state index is 0.0450. The summed E-state index contributed by atoms with van der Waals surface area (Å²) in [6.07, 6.45) is 3.10. The predicted octanol–water partition coefficient (Wildman–Crippen LogP) is 4.34. The topological polar surface area (TPSA) is 44.1 Å². The Morgan fingerprint density at radius 3 is 2.96 bits per heavy atom. The molecule has 124 valence electrons. The van der Waals surface area contributed by atoms with Gasteiger partial charge in [0.2, 0.25) is 0 Å². The molecule has 0 spiro atoms. The van der Waals surface area contributed by atoms with Crippen molar-refractivity contribution in [2.45, 2.75) is 32.4 Å². The molecule has 1 aromatic carbocycles. The molecule has 0 bridgehead atoms. The van der Waals surface area contributed by atoms with Crippen molar-refractivity contribution in [2.75, 3.05) is 0 Å². The molecule has 0 saturated carbocycles. The number of fused-ring (bicyclic) bond motifs is 2. The number of alkyl halides is 2. The molecule has 3 aromatic rings. The van der Waals surface area contributed by atoms with Crippen LogP contribution in [0.1, 0.15) is 38.9 Å². The van der Waals surface area contributed by atoms with E-state index in [0.29, 0.717) is 15.9 Å². The van der Waals surface area contributed by atoms with Crippen molar-refractivity contribution in [1.29, 1.82) is 0 Å². The lowest BCUT2D eigenvalue weighted by Gasteiger charge is -2.08. The molecule has 4 nitrogen and oxygen atoms in total. The largest absolute Gasteiger partial charge is 0.453 e. The maximum atomic E-state index is 13.3. The van der Waals surface area contributed by atoms with E-state index in [9.17, 15) is 13.6 Å². The molecular weight excluding hydrogens is 334 g/mol. The van der Waals surface area contributed by atoms with E-state index in [1.807, 2.05) is 6.07 Å². The monoisotopic (exact) mass is 348 g/mol. The predicted molar refractivity (Wildman–Crippen MR) is 86.4 cm³/mol. The van der Waals surface area contributed by atoms with Crippen LogP contribution in [0.4, 0.5) is 8.78 Å². The second-order valence-corrected chi connectivity index (χ2v) is 6.79. The van der Waals surface area contributed by atoms with Crippen molar-refractivity contribution in [3.8, 4) is 0 Å². The van der Waals surface area contributed by atoms with Crippen molar-refractivity contribution in [3.63, 3.8) is 0 Å².